The molecule has 4 nitrogen and oxygen atoms in total. The lowest BCUT2D eigenvalue weighted by Crippen LogP contribution is -2.19. The van der Waals surface area contributed by atoms with Crippen molar-refractivity contribution in [3.05, 3.63) is 58.3 Å². The van der Waals surface area contributed by atoms with Crippen molar-refractivity contribution >= 4 is 27.9 Å². The minimum Gasteiger partial charge on any atom is -0.354 e. The van der Waals surface area contributed by atoms with Crippen LogP contribution >= 0.6 is 15.9 Å². The minimum absolute atomic E-state index is 0.0737. The number of aromatic nitrogens is 1. The molecule has 20 heavy (non-hydrogen) atoms. The Hall–Kier alpha value is -2.32. The van der Waals surface area contributed by atoms with E-state index in [1.807, 2.05) is 53.2 Å². The summed E-state index contributed by atoms with van der Waals surface area (Å²) in [4.78, 5) is 11.5. The van der Waals surface area contributed by atoms with Crippen molar-refractivity contribution in [2.45, 2.75) is 0 Å². The molecule has 0 aliphatic rings. The molecule has 0 saturated carbocycles. The third kappa shape index (κ3) is 2.98. The normalized spacial score (nSPS) is 10.9. The highest BCUT2D eigenvalue weighted by molar-refractivity contribution is 9.10. The number of nitrogens with one attached hydrogen (secondary N) is 1. The molecule has 1 heterocycles. The molecule has 0 spiro atoms. The molecule has 0 bridgehead atoms. The summed E-state index contributed by atoms with van der Waals surface area (Å²) in [6, 6.07) is 13.4. The molecule has 0 saturated heterocycles. The molecule has 0 aliphatic heterocycles. The Morgan fingerprint density at radius 2 is 2.05 bits per heavy atom. The zero-order valence-electron chi connectivity index (χ0n) is 10.8. The smallest absolute Gasteiger partial charge is 0.261 e. The molecule has 2 rings (SSSR count). The van der Waals surface area contributed by atoms with Crippen molar-refractivity contribution in [2.24, 2.45) is 0 Å². The monoisotopic (exact) mass is 329 g/mol. The van der Waals surface area contributed by atoms with Crippen molar-refractivity contribution in [3.63, 3.8) is 0 Å². The minimum atomic E-state index is -0.393. The van der Waals surface area contributed by atoms with E-state index >= 15 is 0 Å². The summed E-state index contributed by atoms with van der Waals surface area (Å²) in [6.07, 6.45) is 3.45. The van der Waals surface area contributed by atoms with Gasteiger partial charge in [-0.1, -0.05) is 15.9 Å². The summed E-state index contributed by atoms with van der Waals surface area (Å²) < 4.78 is 2.90. The summed E-state index contributed by atoms with van der Waals surface area (Å²) in [5.74, 6) is -0.393. The topological polar surface area (TPSA) is 57.8 Å². The average molecular weight is 330 g/mol. The second kappa shape index (κ2) is 6.22. The number of carbonyl (C=O) groups excluding carboxylic acids is 1. The van der Waals surface area contributed by atoms with Gasteiger partial charge >= 0.3 is 0 Å². The number of halogens is 1. The van der Waals surface area contributed by atoms with E-state index in [1.165, 1.54) is 7.05 Å². The number of likely N-dealkylation sites (N-methyl/N-ethyl adjacent to an activating group) is 1. The maximum atomic E-state index is 11.5. The highest BCUT2D eigenvalue weighted by Gasteiger charge is 2.08. The fraction of sp³-hybridized carbons (Fsp3) is 0.0667. The molecular formula is C15H12BrN3O. The maximum Gasteiger partial charge on any atom is 0.261 e. The number of benzene rings is 1. The number of nitrogens with zero attached hydrogens (tertiary/aromatic N) is 2. The second-order valence-electron chi connectivity index (χ2n) is 4.03. The Balaban J connectivity index is 2.43. The van der Waals surface area contributed by atoms with E-state index in [2.05, 4.69) is 21.2 Å². The summed E-state index contributed by atoms with van der Waals surface area (Å²) in [7, 11) is 1.50. The van der Waals surface area contributed by atoms with Gasteiger partial charge in [0.25, 0.3) is 5.91 Å². The van der Waals surface area contributed by atoms with Gasteiger partial charge in [0.2, 0.25) is 0 Å². The molecule has 0 radical (unpaired) electrons. The molecule has 1 N–H and O–H groups in total. The average Bonchev–Trinajstić information content (AvgIpc) is 2.93. The zero-order valence-corrected chi connectivity index (χ0v) is 12.4. The Kier molecular flexibility index (Phi) is 4.38. The summed E-state index contributed by atoms with van der Waals surface area (Å²) in [5, 5.41) is 11.5. The Labute approximate surface area is 125 Å². The predicted molar refractivity (Wildman–Crippen MR) is 81.1 cm³/mol. The van der Waals surface area contributed by atoms with Crippen molar-refractivity contribution in [1.82, 2.24) is 9.88 Å². The standard InChI is InChI=1S/C15H12BrN3O/c1-18-15(20)11(10-17)9-14-3-2-8-19(14)13-6-4-12(16)5-7-13/h2-9H,1H3,(H,18,20)/b11-9-. The van der Waals surface area contributed by atoms with Crippen LogP contribution in [0.3, 0.4) is 0 Å². The fourth-order valence-electron chi connectivity index (χ4n) is 1.78. The number of amides is 1. The van der Waals surface area contributed by atoms with Gasteiger partial charge in [-0.25, -0.2) is 0 Å². The van der Waals surface area contributed by atoms with E-state index in [1.54, 1.807) is 6.08 Å². The van der Waals surface area contributed by atoms with Gasteiger partial charge in [-0.3, -0.25) is 4.79 Å². The van der Waals surface area contributed by atoms with Crippen molar-refractivity contribution in [2.75, 3.05) is 7.05 Å². The highest BCUT2D eigenvalue weighted by atomic mass is 79.9. The van der Waals surface area contributed by atoms with Crippen LogP contribution in [0, 0.1) is 11.3 Å². The lowest BCUT2D eigenvalue weighted by molar-refractivity contribution is -0.116. The number of nitriles is 1. The fourth-order valence-corrected chi connectivity index (χ4v) is 2.04. The predicted octanol–water partition coefficient (Wildman–Crippen LogP) is 2.89. The van der Waals surface area contributed by atoms with Crippen LogP contribution in [0.2, 0.25) is 0 Å². The first-order valence-electron chi connectivity index (χ1n) is 5.93. The Morgan fingerprint density at radius 3 is 2.65 bits per heavy atom. The molecule has 0 unspecified atom stereocenters. The summed E-state index contributed by atoms with van der Waals surface area (Å²) in [6.45, 7) is 0. The maximum absolute atomic E-state index is 11.5. The largest absolute Gasteiger partial charge is 0.354 e. The van der Waals surface area contributed by atoms with Gasteiger partial charge in [0, 0.05) is 29.1 Å². The van der Waals surface area contributed by atoms with E-state index < -0.39 is 5.91 Å². The quantitative estimate of drug-likeness (QED) is 0.695. The molecule has 100 valence electrons. The zero-order chi connectivity index (χ0) is 14.5. The Bertz CT molecular complexity index is 693. The van der Waals surface area contributed by atoms with Gasteiger partial charge < -0.3 is 9.88 Å². The van der Waals surface area contributed by atoms with Gasteiger partial charge in [-0.15, -0.1) is 0 Å². The first-order valence-corrected chi connectivity index (χ1v) is 6.72. The first kappa shape index (κ1) is 14.1. The van der Waals surface area contributed by atoms with E-state index in [0.717, 1.165) is 15.9 Å². The van der Waals surface area contributed by atoms with Gasteiger partial charge in [0.1, 0.15) is 11.6 Å². The van der Waals surface area contributed by atoms with E-state index in [9.17, 15) is 4.79 Å². The molecule has 0 atom stereocenters. The van der Waals surface area contributed by atoms with Gasteiger partial charge in [0.15, 0.2) is 0 Å². The van der Waals surface area contributed by atoms with E-state index in [-0.39, 0.29) is 5.57 Å². The van der Waals surface area contributed by atoms with Crippen molar-refractivity contribution < 1.29 is 4.79 Å². The molecule has 1 aromatic carbocycles. The molecule has 1 amide bonds. The Morgan fingerprint density at radius 1 is 1.35 bits per heavy atom. The van der Waals surface area contributed by atoms with Crippen LogP contribution in [0.15, 0.2) is 52.6 Å². The van der Waals surface area contributed by atoms with Crippen LogP contribution in [-0.4, -0.2) is 17.5 Å². The second-order valence-corrected chi connectivity index (χ2v) is 4.94. The van der Waals surface area contributed by atoms with Crippen molar-refractivity contribution in [1.29, 1.82) is 5.26 Å². The molecule has 0 fully saturated rings. The van der Waals surface area contributed by atoms with Gasteiger partial charge in [-0.05, 0) is 42.5 Å². The van der Waals surface area contributed by atoms with Crippen molar-refractivity contribution in [3.8, 4) is 11.8 Å². The lowest BCUT2D eigenvalue weighted by Gasteiger charge is -2.07. The van der Waals surface area contributed by atoms with Crippen LogP contribution in [0.25, 0.3) is 11.8 Å². The third-order valence-corrected chi connectivity index (χ3v) is 3.30. The van der Waals surface area contributed by atoms with E-state index in [0.29, 0.717) is 0 Å². The molecule has 1 aromatic heterocycles. The van der Waals surface area contributed by atoms with Crippen LogP contribution in [0.4, 0.5) is 0 Å². The summed E-state index contributed by atoms with van der Waals surface area (Å²) in [5.41, 5.74) is 1.80. The highest BCUT2D eigenvalue weighted by Crippen LogP contribution is 2.18. The number of hydrogen-bond acceptors (Lipinski definition) is 2. The van der Waals surface area contributed by atoms with Crippen LogP contribution in [0.5, 0.6) is 0 Å². The summed E-state index contributed by atoms with van der Waals surface area (Å²) >= 11 is 3.39. The number of rotatable bonds is 3. The lowest BCUT2D eigenvalue weighted by atomic mass is 10.2. The van der Waals surface area contributed by atoms with E-state index in [4.69, 9.17) is 5.26 Å². The van der Waals surface area contributed by atoms with Gasteiger partial charge in [0.05, 0.1) is 0 Å². The number of hydrogen-bond donors (Lipinski definition) is 1. The molecule has 5 heteroatoms. The SMILES string of the molecule is CNC(=O)/C(C#N)=C\c1cccn1-c1ccc(Br)cc1. The van der Waals surface area contributed by atoms with Gasteiger partial charge in [-0.2, -0.15) is 5.26 Å². The molecular weight excluding hydrogens is 318 g/mol. The van der Waals surface area contributed by atoms with Crippen LogP contribution < -0.4 is 5.32 Å². The third-order valence-electron chi connectivity index (χ3n) is 2.77. The van der Waals surface area contributed by atoms with Crippen LogP contribution in [0.1, 0.15) is 5.69 Å². The first-order chi connectivity index (χ1) is 9.65. The van der Waals surface area contributed by atoms with Crippen LogP contribution in [-0.2, 0) is 4.79 Å². The number of carbonyl (C=O) groups is 1. The molecule has 2 aromatic rings. The molecule has 0 aliphatic carbocycles.